The van der Waals surface area contributed by atoms with Gasteiger partial charge >= 0.3 is 0 Å². The van der Waals surface area contributed by atoms with Crippen LogP contribution in [-0.2, 0) is 23.0 Å². The van der Waals surface area contributed by atoms with Crippen LogP contribution in [0, 0.1) is 0 Å². The zero-order valence-corrected chi connectivity index (χ0v) is 11.8. The fourth-order valence-electron chi connectivity index (χ4n) is 1.34. The maximum atomic E-state index is 12.0. The predicted molar refractivity (Wildman–Crippen MR) is 72.0 cm³/mol. The minimum absolute atomic E-state index is 0.352. The van der Waals surface area contributed by atoms with E-state index in [4.69, 9.17) is 0 Å². The zero-order valence-electron chi connectivity index (χ0n) is 9.34. The number of sulfonamides is 1. The first-order chi connectivity index (χ1) is 8.12. The van der Waals surface area contributed by atoms with Crippen LogP contribution in [0.5, 0.6) is 0 Å². The SMILES string of the molecule is CCc1ccc(S(=O)(=O)NCc2ccsc2)s1. The van der Waals surface area contributed by atoms with E-state index in [9.17, 15) is 8.42 Å². The standard InChI is InChI=1S/C11H13NO2S3/c1-2-10-3-4-11(16-10)17(13,14)12-7-9-5-6-15-8-9/h3-6,8,12H,2,7H2,1H3. The fraction of sp³-hybridized carbons (Fsp3) is 0.273. The molecule has 0 aromatic carbocycles. The second-order valence-electron chi connectivity index (χ2n) is 3.53. The van der Waals surface area contributed by atoms with Gasteiger partial charge in [0, 0.05) is 11.4 Å². The molecule has 0 fully saturated rings. The van der Waals surface area contributed by atoms with Crippen LogP contribution in [0.3, 0.4) is 0 Å². The van der Waals surface area contributed by atoms with Crippen LogP contribution in [-0.4, -0.2) is 8.42 Å². The average molecular weight is 287 g/mol. The molecule has 17 heavy (non-hydrogen) atoms. The Kier molecular flexibility index (Phi) is 3.98. The molecule has 2 rings (SSSR count). The van der Waals surface area contributed by atoms with Crippen LogP contribution >= 0.6 is 22.7 Å². The number of thiophene rings is 2. The van der Waals surface area contributed by atoms with Crippen molar-refractivity contribution in [2.45, 2.75) is 24.1 Å². The molecule has 3 nitrogen and oxygen atoms in total. The quantitative estimate of drug-likeness (QED) is 0.919. The topological polar surface area (TPSA) is 46.2 Å². The Morgan fingerprint density at radius 2 is 2.12 bits per heavy atom. The van der Waals surface area contributed by atoms with Crippen LogP contribution in [0.2, 0.25) is 0 Å². The molecule has 1 N–H and O–H groups in total. The number of rotatable bonds is 5. The van der Waals surface area contributed by atoms with E-state index in [0.29, 0.717) is 10.8 Å². The van der Waals surface area contributed by atoms with Gasteiger partial charge in [0.25, 0.3) is 0 Å². The molecule has 0 unspecified atom stereocenters. The second-order valence-corrected chi connectivity index (χ2v) is 7.47. The molecular weight excluding hydrogens is 274 g/mol. The summed E-state index contributed by atoms with van der Waals surface area (Å²) in [6.07, 6.45) is 0.866. The van der Waals surface area contributed by atoms with Gasteiger partial charge < -0.3 is 0 Å². The fourth-order valence-corrected chi connectivity index (χ4v) is 4.36. The van der Waals surface area contributed by atoms with Crippen molar-refractivity contribution in [1.82, 2.24) is 4.72 Å². The lowest BCUT2D eigenvalue weighted by atomic mass is 10.4. The highest BCUT2D eigenvalue weighted by atomic mass is 32.2. The van der Waals surface area contributed by atoms with E-state index in [1.165, 1.54) is 11.3 Å². The largest absolute Gasteiger partial charge is 0.250 e. The van der Waals surface area contributed by atoms with Crippen molar-refractivity contribution >= 4 is 32.7 Å². The summed E-state index contributed by atoms with van der Waals surface area (Å²) in [6.45, 7) is 2.37. The molecule has 0 radical (unpaired) electrons. The smallest absolute Gasteiger partial charge is 0.206 e. The lowest BCUT2D eigenvalue weighted by Crippen LogP contribution is -2.22. The third-order valence-electron chi connectivity index (χ3n) is 2.30. The second kappa shape index (κ2) is 5.30. The third-order valence-corrected chi connectivity index (χ3v) is 6.15. The molecule has 0 aliphatic heterocycles. The van der Waals surface area contributed by atoms with Crippen LogP contribution in [0.15, 0.2) is 33.2 Å². The molecule has 0 atom stereocenters. The summed E-state index contributed by atoms with van der Waals surface area (Å²) in [5.74, 6) is 0. The first kappa shape index (κ1) is 12.8. The van der Waals surface area contributed by atoms with Gasteiger partial charge in [-0.3, -0.25) is 0 Å². The van der Waals surface area contributed by atoms with Gasteiger partial charge in [0.05, 0.1) is 0 Å². The minimum Gasteiger partial charge on any atom is -0.206 e. The van der Waals surface area contributed by atoms with E-state index < -0.39 is 10.0 Å². The van der Waals surface area contributed by atoms with E-state index in [0.717, 1.165) is 16.9 Å². The Balaban J connectivity index is 2.08. The summed E-state index contributed by atoms with van der Waals surface area (Å²) in [4.78, 5) is 1.08. The first-order valence-corrected chi connectivity index (χ1v) is 8.45. The Morgan fingerprint density at radius 3 is 2.71 bits per heavy atom. The Hall–Kier alpha value is -0.690. The molecule has 0 spiro atoms. The molecule has 0 aliphatic rings. The molecule has 2 heterocycles. The monoisotopic (exact) mass is 287 g/mol. The highest BCUT2D eigenvalue weighted by Gasteiger charge is 2.15. The van der Waals surface area contributed by atoms with E-state index in [1.54, 1.807) is 17.4 Å². The van der Waals surface area contributed by atoms with Gasteiger partial charge in [-0.2, -0.15) is 11.3 Å². The first-order valence-electron chi connectivity index (χ1n) is 5.21. The summed E-state index contributed by atoms with van der Waals surface area (Å²) in [6, 6.07) is 5.45. The lowest BCUT2D eigenvalue weighted by Gasteiger charge is -2.02. The van der Waals surface area contributed by atoms with Gasteiger partial charge in [0.15, 0.2) is 0 Å². The Labute approximate surface area is 109 Å². The van der Waals surface area contributed by atoms with Crippen LogP contribution in [0.25, 0.3) is 0 Å². The molecule has 0 amide bonds. The Morgan fingerprint density at radius 1 is 1.29 bits per heavy atom. The van der Waals surface area contributed by atoms with E-state index in [1.807, 2.05) is 29.8 Å². The molecule has 2 aromatic heterocycles. The molecule has 6 heteroatoms. The number of aryl methyl sites for hydroxylation is 1. The summed E-state index contributed by atoms with van der Waals surface area (Å²) >= 11 is 2.89. The zero-order chi connectivity index (χ0) is 12.3. The number of hydrogen-bond donors (Lipinski definition) is 1. The third kappa shape index (κ3) is 3.16. The highest BCUT2D eigenvalue weighted by molar-refractivity contribution is 7.91. The van der Waals surface area contributed by atoms with Crippen molar-refractivity contribution in [2.75, 3.05) is 0 Å². The molecular formula is C11H13NO2S3. The normalized spacial score (nSPS) is 11.8. The summed E-state index contributed by atoms with van der Waals surface area (Å²) < 4.78 is 26.9. The van der Waals surface area contributed by atoms with Gasteiger partial charge in [0.2, 0.25) is 10.0 Å². The molecule has 0 saturated heterocycles. The molecule has 92 valence electrons. The molecule has 0 bridgehead atoms. The van der Waals surface area contributed by atoms with Crippen molar-refractivity contribution in [2.24, 2.45) is 0 Å². The summed E-state index contributed by atoms with van der Waals surface area (Å²) in [7, 11) is -3.35. The summed E-state index contributed by atoms with van der Waals surface area (Å²) in [5, 5.41) is 3.87. The maximum absolute atomic E-state index is 12.0. The minimum atomic E-state index is -3.35. The number of nitrogens with one attached hydrogen (secondary N) is 1. The highest BCUT2D eigenvalue weighted by Crippen LogP contribution is 2.22. The van der Waals surface area contributed by atoms with Crippen LogP contribution < -0.4 is 4.72 Å². The predicted octanol–water partition coefficient (Wildman–Crippen LogP) is 2.85. The Bertz CT molecular complexity index is 570. The van der Waals surface area contributed by atoms with Crippen LogP contribution in [0.4, 0.5) is 0 Å². The average Bonchev–Trinajstić information content (AvgIpc) is 2.98. The van der Waals surface area contributed by atoms with Gasteiger partial charge in [-0.05, 0) is 40.9 Å². The molecule has 0 saturated carbocycles. The van der Waals surface area contributed by atoms with E-state index in [2.05, 4.69) is 4.72 Å². The van der Waals surface area contributed by atoms with Crippen LogP contribution in [0.1, 0.15) is 17.4 Å². The summed E-state index contributed by atoms with van der Waals surface area (Å²) in [5.41, 5.74) is 0.992. The van der Waals surface area contributed by atoms with Gasteiger partial charge in [-0.25, -0.2) is 13.1 Å². The van der Waals surface area contributed by atoms with Crippen molar-refractivity contribution in [3.63, 3.8) is 0 Å². The molecule has 0 aliphatic carbocycles. The van der Waals surface area contributed by atoms with Gasteiger partial charge in [-0.1, -0.05) is 6.92 Å². The maximum Gasteiger partial charge on any atom is 0.250 e. The van der Waals surface area contributed by atoms with Gasteiger partial charge in [-0.15, -0.1) is 11.3 Å². The number of hydrogen-bond acceptors (Lipinski definition) is 4. The van der Waals surface area contributed by atoms with E-state index in [-0.39, 0.29) is 0 Å². The lowest BCUT2D eigenvalue weighted by molar-refractivity contribution is 0.583. The van der Waals surface area contributed by atoms with Crippen molar-refractivity contribution in [3.8, 4) is 0 Å². The molecule has 2 aromatic rings. The van der Waals surface area contributed by atoms with E-state index >= 15 is 0 Å². The van der Waals surface area contributed by atoms with Crippen molar-refractivity contribution in [1.29, 1.82) is 0 Å². The van der Waals surface area contributed by atoms with Gasteiger partial charge in [0.1, 0.15) is 4.21 Å². The van der Waals surface area contributed by atoms with Crippen molar-refractivity contribution < 1.29 is 8.42 Å². The van der Waals surface area contributed by atoms with Crippen molar-refractivity contribution in [3.05, 3.63) is 39.4 Å².